The molecule has 0 bridgehead atoms. The van der Waals surface area contributed by atoms with Gasteiger partial charge >= 0.3 is 0 Å². The largest absolute Gasteiger partial charge is 0.355 e. The molecule has 1 N–H and O–H groups in total. The predicted molar refractivity (Wildman–Crippen MR) is 89.8 cm³/mol. The number of amides is 2. The van der Waals surface area contributed by atoms with E-state index in [-0.39, 0.29) is 11.8 Å². The van der Waals surface area contributed by atoms with Crippen LogP contribution in [0.25, 0.3) is 0 Å². The van der Waals surface area contributed by atoms with Crippen molar-refractivity contribution in [3.8, 4) is 0 Å². The third-order valence-electron chi connectivity index (χ3n) is 3.31. The molecule has 0 saturated carbocycles. The van der Waals surface area contributed by atoms with Crippen molar-refractivity contribution >= 4 is 27.7 Å². The lowest BCUT2D eigenvalue weighted by Gasteiger charge is -2.18. The lowest BCUT2D eigenvalue weighted by Crippen LogP contribution is -2.26. The summed E-state index contributed by atoms with van der Waals surface area (Å²) in [5.41, 5.74) is 2.20. The predicted octanol–water partition coefficient (Wildman–Crippen LogP) is 3.08. The molecule has 114 valence electrons. The summed E-state index contributed by atoms with van der Waals surface area (Å²) in [6, 6.07) is 14.6. The van der Waals surface area contributed by atoms with Gasteiger partial charge in [0.2, 0.25) is 0 Å². The van der Waals surface area contributed by atoms with Crippen LogP contribution in [0.1, 0.15) is 26.3 Å². The smallest absolute Gasteiger partial charge is 0.255 e. The first-order valence-corrected chi connectivity index (χ1v) is 7.63. The van der Waals surface area contributed by atoms with Crippen molar-refractivity contribution in [1.82, 2.24) is 10.2 Å². The van der Waals surface area contributed by atoms with E-state index >= 15 is 0 Å². The Morgan fingerprint density at radius 1 is 1.09 bits per heavy atom. The molecular weight excluding hydrogens is 344 g/mol. The molecular formula is C17H17BrN2O2. The second kappa shape index (κ2) is 7.22. The first kappa shape index (κ1) is 16.2. The molecule has 0 saturated heterocycles. The van der Waals surface area contributed by atoms with Gasteiger partial charge in [-0.05, 0) is 45.8 Å². The normalized spacial score (nSPS) is 10.1. The number of nitrogens with zero attached hydrogens (tertiary/aromatic N) is 1. The van der Waals surface area contributed by atoms with Crippen LogP contribution < -0.4 is 5.32 Å². The van der Waals surface area contributed by atoms with Gasteiger partial charge in [-0.2, -0.15) is 0 Å². The number of hydrogen-bond acceptors (Lipinski definition) is 2. The number of hydrogen-bond donors (Lipinski definition) is 1. The first-order valence-electron chi connectivity index (χ1n) is 6.84. The first-order chi connectivity index (χ1) is 10.5. The summed E-state index contributed by atoms with van der Waals surface area (Å²) in [6.45, 7) is 0.480. The molecule has 0 unspecified atom stereocenters. The van der Waals surface area contributed by atoms with Gasteiger partial charge < -0.3 is 10.2 Å². The van der Waals surface area contributed by atoms with E-state index < -0.39 is 0 Å². The molecule has 0 spiro atoms. The zero-order chi connectivity index (χ0) is 16.1. The zero-order valence-electron chi connectivity index (χ0n) is 12.5. The average molecular weight is 361 g/mol. The van der Waals surface area contributed by atoms with Crippen molar-refractivity contribution in [2.75, 3.05) is 14.1 Å². The van der Waals surface area contributed by atoms with Crippen LogP contribution in [0.4, 0.5) is 0 Å². The third kappa shape index (κ3) is 3.74. The maximum Gasteiger partial charge on any atom is 0.255 e. The lowest BCUT2D eigenvalue weighted by atomic mass is 10.1. The minimum atomic E-state index is -0.121. The molecule has 22 heavy (non-hydrogen) atoms. The van der Waals surface area contributed by atoms with E-state index in [0.717, 1.165) is 10.0 Å². The quantitative estimate of drug-likeness (QED) is 0.910. The summed E-state index contributed by atoms with van der Waals surface area (Å²) in [7, 11) is 3.36. The fourth-order valence-corrected chi connectivity index (χ4v) is 2.55. The van der Waals surface area contributed by atoms with Gasteiger partial charge in [-0.1, -0.05) is 24.3 Å². The molecule has 5 heteroatoms. The number of carbonyl (C=O) groups excluding carboxylic acids is 2. The van der Waals surface area contributed by atoms with Crippen LogP contribution in [0.3, 0.4) is 0 Å². The maximum absolute atomic E-state index is 12.4. The van der Waals surface area contributed by atoms with E-state index in [1.807, 2.05) is 30.3 Å². The summed E-state index contributed by atoms with van der Waals surface area (Å²) >= 11 is 3.39. The van der Waals surface area contributed by atoms with Gasteiger partial charge in [0.1, 0.15) is 0 Å². The van der Waals surface area contributed by atoms with Gasteiger partial charge in [-0.25, -0.2) is 0 Å². The van der Waals surface area contributed by atoms with Crippen molar-refractivity contribution in [2.24, 2.45) is 0 Å². The minimum Gasteiger partial charge on any atom is -0.355 e. The molecule has 0 fully saturated rings. The fraction of sp³-hybridized carbons (Fsp3) is 0.176. The van der Waals surface area contributed by atoms with Crippen molar-refractivity contribution in [3.63, 3.8) is 0 Å². The number of halogens is 1. The van der Waals surface area contributed by atoms with Crippen molar-refractivity contribution in [3.05, 3.63) is 69.7 Å². The van der Waals surface area contributed by atoms with Gasteiger partial charge in [0.05, 0.1) is 5.56 Å². The summed E-state index contributed by atoms with van der Waals surface area (Å²) < 4.78 is 0.779. The molecule has 0 aliphatic rings. The maximum atomic E-state index is 12.4. The van der Waals surface area contributed by atoms with Crippen LogP contribution in [0, 0.1) is 0 Å². The topological polar surface area (TPSA) is 49.4 Å². The van der Waals surface area contributed by atoms with Crippen LogP contribution in [0.5, 0.6) is 0 Å². The molecule has 2 aromatic rings. The summed E-state index contributed by atoms with van der Waals surface area (Å²) in [6.07, 6.45) is 0. The fourth-order valence-electron chi connectivity index (χ4n) is 2.09. The Morgan fingerprint density at radius 3 is 2.32 bits per heavy atom. The Kier molecular flexibility index (Phi) is 5.33. The van der Waals surface area contributed by atoms with E-state index in [1.54, 1.807) is 37.2 Å². The number of carbonyl (C=O) groups is 2. The molecule has 0 aliphatic carbocycles. The van der Waals surface area contributed by atoms with Gasteiger partial charge in [-0.3, -0.25) is 9.59 Å². The van der Waals surface area contributed by atoms with Gasteiger partial charge in [0, 0.05) is 30.7 Å². The van der Waals surface area contributed by atoms with E-state index in [4.69, 9.17) is 0 Å². The Labute approximate surface area is 138 Å². The third-order valence-corrected chi connectivity index (χ3v) is 4.01. The van der Waals surface area contributed by atoms with Gasteiger partial charge in [-0.15, -0.1) is 0 Å². The zero-order valence-corrected chi connectivity index (χ0v) is 14.1. The second-order valence-electron chi connectivity index (χ2n) is 4.92. The standard InChI is InChI=1S/C17H17BrN2O2/c1-19-16(21)13-9-7-12(8-10-13)11-20(2)17(22)14-5-3-4-6-15(14)18/h3-10H,11H2,1-2H3,(H,19,21). The van der Waals surface area contributed by atoms with Crippen LogP contribution in [0.15, 0.2) is 53.0 Å². The molecule has 0 atom stereocenters. The highest BCUT2D eigenvalue weighted by Crippen LogP contribution is 2.18. The summed E-state index contributed by atoms with van der Waals surface area (Å²) in [5, 5.41) is 2.58. The van der Waals surface area contributed by atoms with E-state index in [0.29, 0.717) is 17.7 Å². The highest BCUT2D eigenvalue weighted by Gasteiger charge is 2.14. The molecule has 2 amide bonds. The highest BCUT2D eigenvalue weighted by molar-refractivity contribution is 9.10. The van der Waals surface area contributed by atoms with Crippen LogP contribution in [-0.4, -0.2) is 30.8 Å². The summed E-state index contributed by atoms with van der Waals surface area (Å²) in [4.78, 5) is 25.6. The number of benzene rings is 2. The molecule has 4 nitrogen and oxygen atoms in total. The molecule has 0 radical (unpaired) electrons. The SMILES string of the molecule is CNC(=O)c1ccc(CN(C)C(=O)c2ccccc2Br)cc1. The number of rotatable bonds is 4. The molecule has 0 aromatic heterocycles. The van der Waals surface area contributed by atoms with Crippen LogP contribution >= 0.6 is 15.9 Å². The van der Waals surface area contributed by atoms with Crippen molar-refractivity contribution < 1.29 is 9.59 Å². The molecule has 2 rings (SSSR count). The van der Waals surface area contributed by atoms with Crippen molar-refractivity contribution in [1.29, 1.82) is 0 Å². The minimum absolute atomic E-state index is 0.0529. The number of nitrogens with one attached hydrogen (secondary N) is 1. The Hall–Kier alpha value is -2.14. The van der Waals surface area contributed by atoms with E-state index in [1.165, 1.54) is 0 Å². The van der Waals surface area contributed by atoms with Crippen molar-refractivity contribution in [2.45, 2.75) is 6.54 Å². The highest BCUT2D eigenvalue weighted by atomic mass is 79.9. The molecule has 2 aromatic carbocycles. The monoisotopic (exact) mass is 360 g/mol. The molecule has 0 heterocycles. The van der Waals surface area contributed by atoms with Gasteiger partial charge in [0.25, 0.3) is 11.8 Å². The van der Waals surface area contributed by atoms with Gasteiger partial charge in [0.15, 0.2) is 0 Å². The lowest BCUT2D eigenvalue weighted by molar-refractivity contribution is 0.0783. The Morgan fingerprint density at radius 2 is 1.73 bits per heavy atom. The summed E-state index contributed by atoms with van der Waals surface area (Å²) in [5.74, 6) is -0.174. The Bertz CT molecular complexity index is 683. The van der Waals surface area contributed by atoms with E-state index in [2.05, 4.69) is 21.2 Å². The van der Waals surface area contributed by atoms with Crippen LogP contribution in [-0.2, 0) is 6.54 Å². The molecule has 0 aliphatic heterocycles. The van der Waals surface area contributed by atoms with Crippen LogP contribution in [0.2, 0.25) is 0 Å². The van der Waals surface area contributed by atoms with E-state index in [9.17, 15) is 9.59 Å². The average Bonchev–Trinajstić information content (AvgIpc) is 2.54. The Balaban J connectivity index is 2.08. The second-order valence-corrected chi connectivity index (χ2v) is 5.77.